The Morgan fingerprint density at radius 2 is 2.22 bits per heavy atom. The molecule has 0 unspecified atom stereocenters. The lowest BCUT2D eigenvalue weighted by Crippen LogP contribution is -2.16. The summed E-state index contributed by atoms with van der Waals surface area (Å²) in [6.07, 6.45) is 3.55. The summed E-state index contributed by atoms with van der Waals surface area (Å²) in [5.74, 6) is 0.0740. The highest BCUT2D eigenvalue weighted by Crippen LogP contribution is 2.09. The highest BCUT2D eigenvalue weighted by atomic mass is 35.5. The van der Waals surface area contributed by atoms with E-state index in [9.17, 15) is 4.79 Å². The Hall–Kier alpha value is -1.95. The Morgan fingerprint density at radius 1 is 1.44 bits per heavy atom. The van der Waals surface area contributed by atoms with E-state index in [1.165, 1.54) is 17.1 Å². The molecule has 0 fully saturated rings. The number of amides is 1. The summed E-state index contributed by atoms with van der Waals surface area (Å²) in [6, 6.07) is 1.75. The molecule has 0 aromatic carbocycles. The fourth-order valence-corrected chi connectivity index (χ4v) is 1.57. The topological polar surface area (TPSA) is 72.7 Å². The molecule has 6 nitrogen and oxygen atoms in total. The van der Waals surface area contributed by atoms with E-state index in [4.69, 9.17) is 11.6 Å². The molecule has 0 atom stereocenters. The van der Waals surface area contributed by atoms with E-state index in [1.807, 2.05) is 6.92 Å². The molecule has 18 heavy (non-hydrogen) atoms. The summed E-state index contributed by atoms with van der Waals surface area (Å²) in [5, 5.41) is 7.12. The maximum absolute atomic E-state index is 12.0. The van der Waals surface area contributed by atoms with Crippen molar-refractivity contribution in [2.75, 3.05) is 5.32 Å². The van der Waals surface area contributed by atoms with Gasteiger partial charge in [-0.15, -0.1) is 0 Å². The molecule has 0 aliphatic rings. The first kappa shape index (κ1) is 12.5. The Bertz CT molecular complexity index is 563. The van der Waals surface area contributed by atoms with Crippen molar-refractivity contribution < 1.29 is 4.79 Å². The number of halogens is 1. The van der Waals surface area contributed by atoms with Crippen LogP contribution >= 0.6 is 11.6 Å². The molecule has 2 aromatic rings. The van der Waals surface area contributed by atoms with E-state index in [0.29, 0.717) is 11.5 Å². The molecule has 0 saturated heterocycles. The van der Waals surface area contributed by atoms with E-state index >= 15 is 0 Å². The number of nitrogens with one attached hydrogen (secondary N) is 1. The van der Waals surface area contributed by atoms with Crippen molar-refractivity contribution in [1.29, 1.82) is 0 Å². The Labute approximate surface area is 109 Å². The van der Waals surface area contributed by atoms with Crippen LogP contribution in [-0.2, 0) is 13.5 Å². The molecule has 7 heteroatoms. The van der Waals surface area contributed by atoms with Crippen molar-refractivity contribution in [3.05, 3.63) is 35.0 Å². The second-order valence-corrected chi connectivity index (χ2v) is 4.06. The van der Waals surface area contributed by atoms with E-state index < -0.39 is 0 Å². The zero-order chi connectivity index (χ0) is 13.1. The third-order valence-electron chi connectivity index (χ3n) is 2.39. The van der Waals surface area contributed by atoms with E-state index in [2.05, 4.69) is 20.4 Å². The number of carbonyl (C=O) groups is 1. The third-order valence-corrected chi connectivity index (χ3v) is 2.58. The smallest absolute Gasteiger partial charge is 0.275 e. The minimum absolute atomic E-state index is 0.277. The fourth-order valence-electron chi connectivity index (χ4n) is 1.47. The van der Waals surface area contributed by atoms with Crippen molar-refractivity contribution in [3.63, 3.8) is 0 Å². The number of hydrogen-bond donors (Lipinski definition) is 1. The highest BCUT2D eigenvalue weighted by molar-refractivity contribution is 6.29. The van der Waals surface area contributed by atoms with Crippen LogP contribution in [0.2, 0.25) is 5.15 Å². The van der Waals surface area contributed by atoms with Crippen LogP contribution in [0.1, 0.15) is 23.1 Å². The first-order valence-corrected chi connectivity index (χ1v) is 5.79. The lowest BCUT2D eigenvalue weighted by Gasteiger charge is -2.03. The summed E-state index contributed by atoms with van der Waals surface area (Å²) in [4.78, 5) is 19.8. The van der Waals surface area contributed by atoms with Crippen LogP contribution < -0.4 is 5.32 Å². The van der Waals surface area contributed by atoms with Gasteiger partial charge in [0.25, 0.3) is 5.91 Å². The van der Waals surface area contributed by atoms with E-state index in [-0.39, 0.29) is 11.1 Å². The van der Waals surface area contributed by atoms with Gasteiger partial charge in [-0.3, -0.25) is 9.48 Å². The van der Waals surface area contributed by atoms with Crippen molar-refractivity contribution in [1.82, 2.24) is 19.7 Å². The molecule has 2 heterocycles. The number of nitrogens with zero attached hydrogens (tertiary/aromatic N) is 4. The fraction of sp³-hybridized carbons (Fsp3) is 0.273. The molecule has 0 aliphatic heterocycles. The van der Waals surface area contributed by atoms with Gasteiger partial charge >= 0.3 is 0 Å². The van der Waals surface area contributed by atoms with Gasteiger partial charge in [0.2, 0.25) is 0 Å². The molecular weight excluding hydrogens is 254 g/mol. The molecule has 0 aliphatic carbocycles. The zero-order valence-electron chi connectivity index (χ0n) is 10.0. The van der Waals surface area contributed by atoms with Gasteiger partial charge in [0.15, 0.2) is 5.82 Å². The van der Waals surface area contributed by atoms with Crippen LogP contribution in [0.25, 0.3) is 0 Å². The summed E-state index contributed by atoms with van der Waals surface area (Å²) >= 11 is 5.61. The molecule has 94 valence electrons. The number of hydrogen-bond acceptors (Lipinski definition) is 4. The predicted octanol–water partition coefficient (Wildman–Crippen LogP) is 1.68. The van der Waals surface area contributed by atoms with Crippen LogP contribution in [0, 0.1) is 0 Å². The van der Waals surface area contributed by atoms with E-state index in [1.54, 1.807) is 13.1 Å². The molecule has 1 N–H and O–H groups in total. The molecule has 0 radical (unpaired) electrons. The molecule has 1 amide bonds. The van der Waals surface area contributed by atoms with Crippen LogP contribution in [0.5, 0.6) is 0 Å². The maximum Gasteiger partial charge on any atom is 0.275 e. The summed E-state index contributed by atoms with van der Waals surface area (Å²) in [5.41, 5.74) is 1.34. The van der Waals surface area contributed by atoms with Crippen molar-refractivity contribution in [2.24, 2.45) is 7.05 Å². The number of anilines is 1. The number of aryl methyl sites for hydroxylation is 2. The average molecular weight is 266 g/mol. The molecule has 0 saturated carbocycles. The van der Waals surface area contributed by atoms with Gasteiger partial charge in [-0.05, 0) is 12.5 Å². The van der Waals surface area contributed by atoms with Gasteiger partial charge < -0.3 is 5.32 Å². The summed E-state index contributed by atoms with van der Waals surface area (Å²) < 4.78 is 1.54. The maximum atomic E-state index is 12.0. The normalized spacial score (nSPS) is 10.4. The van der Waals surface area contributed by atoms with Crippen LogP contribution in [0.15, 0.2) is 18.5 Å². The molecule has 2 rings (SSSR count). The predicted molar refractivity (Wildman–Crippen MR) is 67.6 cm³/mol. The van der Waals surface area contributed by atoms with Gasteiger partial charge in [0, 0.05) is 7.05 Å². The lowest BCUT2D eigenvalue weighted by molar-refractivity contribution is 0.101. The monoisotopic (exact) mass is 265 g/mol. The van der Waals surface area contributed by atoms with Gasteiger partial charge in [0.05, 0.1) is 18.1 Å². The average Bonchev–Trinajstić information content (AvgIpc) is 2.73. The second kappa shape index (κ2) is 5.14. The molecule has 2 aromatic heterocycles. The summed E-state index contributed by atoms with van der Waals surface area (Å²) in [6.45, 7) is 1.98. The van der Waals surface area contributed by atoms with Crippen molar-refractivity contribution in [3.8, 4) is 0 Å². The quantitative estimate of drug-likeness (QED) is 0.916. The number of carbonyl (C=O) groups excluding carboxylic acids is 1. The van der Waals surface area contributed by atoms with Crippen LogP contribution in [0.3, 0.4) is 0 Å². The Balaban J connectivity index is 2.16. The first-order valence-electron chi connectivity index (χ1n) is 5.42. The number of aromatic nitrogens is 4. The Kier molecular flexibility index (Phi) is 3.57. The molecule has 0 spiro atoms. The van der Waals surface area contributed by atoms with Gasteiger partial charge in [0.1, 0.15) is 10.8 Å². The summed E-state index contributed by atoms with van der Waals surface area (Å²) in [7, 11) is 1.72. The van der Waals surface area contributed by atoms with Crippen LogP contribution in [0.4, 0.5) is 5.82 Å². The number of rotatable bonds is 3. The largest absolute Gasteiger partial charge is 0.304 e. The minimum atomic E-state index is -0.277. The molecular formula is C11H12ClN5O. The van der Waals surface area contributed by atoms with Gasteiger partial charge in [-0.2, -0.15) is 5.10 Å². The Morgan fingerprint density at radius 3 is 2.78 bits per heavy atom. The third kappa shape index (κ3) is 2.65. The SMILES string of the molecule is CCc1cc(C(=O)Nc2cnc(Cl)cn2)n(C)n1. The van der Waals surface area contributed by atoms with E-state index in [0.717, 1.165) is 12.1 Å². The highest BCUT2D eigenvalue weighted by Gasteiger charge is 2.13. The van der Waals surface area contributed by atoms with Crippen molar-refractivity contribution in [2.45, 2.75) is 13.3 Å². The zero-order valence-corrected chi connectivity index (χ0v) is 10.8. The first-order chi connectivity index (χ1) is 8.60. The van der Waals surface area contributed by atoms with Gasteiger partial charge in [-0.1, -0.05) is 18.5 Å². The molecule has 0 bridgehead atoms. The minimum Gasteiger partial charge on any atom is -0.304 e. The van der Waals surface area contributed by atoms with Gasteiger partial charge in [-0.25, -0.2) is 9.97 Å². The standard InChI is InChI=1S/C11H12ClN5O/c1-3-7-4-8(17(2)16-7)11(18)15-10-6-13-9(12)5-14-10/h4-6H,3H2,1-2H3,(H,14,15,18). The van der Waals surface area contributed by atoms with Crippen molar-refractivity contribution >= 4 is 23.3 Å². The lowest BCUT2D eigenvalue weighted by atomic mass is 10.3. The second-order valence-electron chi connectivity index (χ2n) is 3.68. The van der Waals surface area contributed by atoms with Crippen LogP contribution in [-0.4, -0.2) is 25.7 Å².